The van der Waals surface area contributed by atoms with Crippen LogP contribution in [0.15, 0.2) is 41.4 Å². The first kappa shape index (κ1) is 23.9. The second kappa shape index (κ2) is 8.85. The molecule has 1 amide bonds. The molecule has 0 spiro atoms. The summed E-state index contributed by atoms with van der Waals surface area (Å²) in [5.74, 6) is -0.435. The molecule has 1 aliphatic rings. The SMILES string of the molecule is Cc1cc(S(=O)(=O)CCNS(C)(=O)=O)c2ncc(C(N)=O)c(Nc3cccc4c3CCO4)c2c1. The predicted molar refractivity (Wildman–Crippen MR) is 129 cm³/mol. The number of ether oxygens (including phenoxy) is 1. The topological polar surface area (TPSA) is 158 Å². The number of aryl methyl sites for hydroxylation is 1. The van der Waals surface area contributed by atoms with Crippen molar-refractivity contribution >= 4 is 48.0 Å². The van der Waals surface area contributed by atoms with Gasteiger partial charge in [0, 0.05) is 35.8 Å². The second-order valence-corrected chi connectivity index (χ2v) is 12.0. The lowest BCUT2D eigenvalue weighted by atomic mass is 10.0. The second-order valence-electron chi connectivity index (χ2n) is 8.06. The van der Waals surface area contributed by atoms with E-state index in [0.717, 1.165) is 17.6 Å². The van der Waals surface area contributed by atoms with Gasteiger partial charge in [0.2, 0.25) is 10.0 Å². The summed E-state index contributed by atoms with van der Waals surface area (Å²) in [5.41, 5.74) is 8.49. The van der Waals surface area contributed by atoms with Crippen molar-refractivity contribution in [2.75, 3.05) is 30.5 Å². The fourth-order valence-corrected chi connectivity index (χ4v) is 5.93. The van der Waals surface area contributed by atoms with E-state index in [9.17, 15) is 21.6 Å². The number of carbonyl (C=O) groups excluding carboxylic acids is 1. The van der Waals surface area contributed by atoms with Crippen molar-refractivity contribution in [3.63, 3.8) is 0 Å². The molecule has 4 N–H and O–H groups in total. The van der Waals surface area contributed by atoms with Crippen LogP contribution in [0.3, 0.4) is 0 Å². The van der Waals surface area contributed by atoms with E-state index in [0.29, 0.717) is 35.4 Å². The van der Waals surface area contributed by atoms with Gasteiger partial charge in [0.05, 0.1) is 40.3 Å². The summed E-state index contributed by atoms with van der Waals surface area (Å²) in [6.45, 7) is 1.98. The third-order valence-electron chi connectivity index (χ3n) is 5.42. The van der Waals surface area contributed by atoms with Crippen LogP contribution < -0.4 is 20.5 Å². The monoisotopic (exact) mass is 504 g/mol. The Hall–Kier alpha value is -3.22. The Bertz CT molecular complexity index is 1520. The number of carbonyl (C=O) groups is 1. The molecule has 2 aromatic carbocycles. The molecule has 4 rings (SSSR count). The number of fused-ring (bicyclic) bond motifs is 2. The first-order valence-corrected chi connectivity index (χ1v) is 13.9. The van der Waals surface area contributed by atoms with Crippen molar-refractivity contribution in [3.8, 4) is 5.75 Å². The van der Waals surface area contributed by atoms with Crippen LogP contribution in [0.4, 0.5) is 11.4 Å². The third-order valence-corrected chi connectivity index (χ3v) is 7.87. The summed E-state index contributed by atoms with van der Waals surface area (Å²) in [7, 11) is -7.46. The summed E-state index contributed by atoms with van der Waals surface area (Å²) in [6.07, 6.45) is 2.88. The average molecular weight is 505 g/mol. The minimum atomic E-state index is -3.92. The lowest BCUT2D eigenvalue weighted by molar-refractivity contribution is 0.100. The number of sulfone groups is 1. The lowest BCUT2D eigenvalue weighted by Gasteiger charge is -2.17. The quantitative estimate of drug-likeness (QED) is 0.418. The van der Waals surface area contributed by atoms with E-state index in [1.165, 1.54) is 12.3 Å². The molecule has 0 fully saturated rings. The van der Waals surface area contributed by atoms with Crippen molar-refractivity contribution in [1.82, 2.24) is 9.71 Å². The zero-order valence-electron chi connectivity index (χ0n) is 18.6. The van der Waals surface area contributed by atoms with Gasteiger partial charge in [-0.25, -0.2) is 21.6 Å². The summed E-state index contributed by atoms with van der Waals surface area (Å²) in [4.78, 5) is 16.4. The maximum Gasteiger partial charge on any atom is 0.252 e. The van der Waals surface area contributed by atoms with Crippen LogP contribution in [0.2, 0.25) is 0 Å². The van der Waals surface area contributed by atoms with Gasteiger partial charge in [0.25, 0.3) is 5.91 Å². The number of anilines is 2. The Balaban J connectivity index is 1.86. The summed E-state index contributed by atoms with van der Waals surface area (Å²) in [5, 5.41) is 3.66. The van der Waals surface area contributed by atoms with Gasteiger partial charge >= 0.3 is 0 Å². The molecule has 0 saturated heterocycles. The maximum atomic E-state index is 13.1. The number of aromatic nitrogens is 1. The lowest BCUT2D eigenvalue weighted by Crippen LogP contribution is -2.28. The van der Waals surface area contributed by atoms with Gasteiger partial charge < -0.3 is 15.8 Å². The van der Waals surface area contributed by atoms with E-state index in [-0.39, 0.29) is 22.5 Å². The number of primary amides is 1. The zero-order chi connectivity index (χ0) is 24.7. The number of sulfonamides is 1. The van der Waals surface area contributed by atoms with E-state index < -0.39 is 31.5 Å². The van der Waals surface area contributed by atoms with Crippen molar-refractivity contribution in [2.45, 2.75) is 18.2 Å². The van der Waals surface area contributed by atoms with E-state index in [1.54, 1.807) is 13.0 Å². The van der Waals surface area contributed by atoms with Gasteiger partial charge in [0.1, 0.15) is 5.75 Å². The molecule has 1 aromatic heterocycles. The third kappa shape index (κ3) is 4.83. The molecule has 3 aromatic rings. The Morgan fingerprint density at radius 1 is 1.21 bits per heavy atom. The van der Waals surface area contributed by atoms with Crippen LogP contribution in [0.25, 0.3) is 10.9 Å². The number of hydrogen-bond acceptors (Lipinski definition) is 8. The molecule has 2 heterocycles. The van der Waals surface area contributed by atoms with Gasteiger partial charge in [0.15, 0.2) is 9.84 Å². The average Bonchev–Trinajstić information content (AvgIpc) is 3.22. The standard InChI is InChI=1S/C22H24N4O6S2/c1-13-10-15-20(26-17-4-3-5-18-14(17)6-8-32-18)16(22(23)27)12-24-21(15)19(11-13)34(30,31)9-7-25-33(2,28)29/h3-5,10-12,25H,6-9H2,1-2H3,(H2,23,27)(H,24,26). The Kier molecular flexibility index (Phi) is 6.23. The fourth-order valence-electron chi connectivity index (χ4n) is 3.91. The highest BCUT2D eigenvalue weighted by Gasteiger charge is 2.24. The zero-order valence-corrected chi connectivity index (χ0v) is 20.2. The number of nitrogens with one attached hydrogen (secondary N) is 2. The van der Waals surface area contributed by atoms with Crippen molar-refractivity contribution < 1.29 is 26.4 Å². The first-order chi connectivity index (χ1) is 16.0. The fraction of sp³-hybridized carbons (Fsp3) is 0.273. The summed E-state index contributed by atoms with van der Waals surface area (Å²) >= 11 is 0. The molecule has 10 nitrogen and oxygen atoms in total. The molecule has 0 saturated carbocycles. The Morgan fingerprint density at radius 2 is 1.97 bits per heavy atom. The largest absolute Gasteiger partial charge is 0.493 e. The van der Waals surface area contributed by atoms with Gasteiger partial charge in [-0.05, 0) is 36.8 Å². The normalized spacial score (nSPS) is 13.5. The Labute approximate surface area is 197 Å². The molecular formula is C22H24N4O6S2. The number of nitrogens with two attached hydrogens (primary N) is 1. The van der Waals surface area contributed by atoms with Crippen LogP contribution in [0.5, 0.6) is 5.75 Å². The molecule has 180 valence electrons. The highest BCUT2D eigenvalue weighted by atomic mass is 32.2. The maximum absolute atomic E-state index is 13.1. The van der Waals surface area contributed by atoms with Crippen molar-refractivity contribution in [2.24, 2.45) is 5.73 Å². The van der Waals surface area contributed by atoms with Crippen molar-refractivity contribution in [3.05, 3.63) is 53.2 Å². The predicted octanol–water partition coefficient (Wildman–Crippen LogP) is 1.64. The van der Waals surface area contributed by atoms with Gasteiger partial charge in [-0.3, -0.25) is 9.78 Å². The Morgan fingerprint density at radius 3 is 2.68 bits per heavy atom. The highest BCUT2D eigenvalue weighted by molar-refractivity contribution is 7.92. The van der Waals surface area contributed by atoms with Crippen molar-refractivity contribution in [1.29, 1.82) is 0 Å². The van der Waals surface area contributed by atoms with Crippen LogP contribution in [-0.2, 0) is 26.3 Å². The molecule has 0 bridgehead atoms. The molecule has 34 heavy (non-hydrogen) atoms. The van der Waals surface area contributed by atoms with E-state index >= 15 is 0 Å². The number of nitrogens with zero attached hydrogens (tertiary/aromatic N) is 1. The summed E-state index contributed by atoms with van der Waals surface area (Å²) in [6, 6.07) is 8.72. The highest BCUT2D eigenvalue weighted by Crippen LogP contribution is 2.37. The summed E-state index contributed by atoms with van der Waals surface area (Å²) < 4.78 is 56.7. The smallest absolute Gasteiger partial charge is 0.252 e. The number of pyridine rings is 1. The van der Waals surface area contributed by atoms with Crippen LogP contribution >= 0.6 is 0 Å². The van der Waals surface area contributed by atoms with Crippen LogP contribution in [0.1, 0.15) is 21.5 Å². The number of amides is 1. The number of hydrogen-bond donors (Lipinski definition) is 3. The molecule has 0 radical (unpaired) electrons. The molecule has 0 unspecified atom stereocenters. The first-order valence-electron chi connectivity index (χ1n) is 10.4. The molecule has 0 aliphatic carbocycles. The number of rotatable bonds is 8. The van der Waals surface area contributed by atoms with Gasteiger partial charge in [-0.2, -0.15) is 0 Å². The minimum absolute atomic E-state index is 0.0569. The molecular weight excluding hydrogens is 480 g/mol. The van der Waals surface area contributed by atoms with E-state index in [4.69, 9.17) is 10.5 Å². The van der Waals surface area contributed by atoms with E-state index in [1.807, 2.05) is 18.2 Å². The van der Waals surface area contributed by atoms with Gasteiger partial charge in [-0.1, -0.05) is 6.07 Å². The van der Waals surface area contributed by atoms with Crippen LogP contribution in [-0.4, -0.2) is 52.9 Å². The van der Waals surface area contributed by atoms with Crippen LogP contribution in [0, 0.1) is 6.92 Å². The molecule has 1 aliphatic heterocycles. The molecule has 0 atom stereocenters. The minimum Gasteiger partial charge on any atom is -0.493 e. The van der Waals surface area contributed by atoms with E-state index in [2.05, 4.69) is 15.0 Å². The molecule has 12 heteroatoms. The number of benzene rings is 2. The van der Waals surface area contributed by atoms with Gasteiger partial charge in [-0.15, -0.1) is 0 Å².